The minimum Gasteiger partial charge on any atom is -0.493 e. The molecule has 9 heteroatoms. The number of benzene rings is 2. The van der Waals surface area contributed by atoms with E-state index in [1.807, 2.05) is 49.4 Å². The van der Waals surface area contributed by atoms with E-state index in [-0.39, 0.29) is 11.7 Å². The second-order valence-corrected chi connectivity index (χ2v) is 7.33. The van der Waals surface area contributed by atoms with Crippen molar-refractivity contribution < 1.29 is 14.3 Å². The van der Waals surface area contributed by atoms with Crippen LogP contribution in [0.25, 0.3) is 5.69 Å². The highest BCUT2D eigenvalue weighted by Crippen LogP contribution is 2.28. The standard InChI is InChI=1S/C20H23N5O3S/c1-14-7-5-6-8-16(14)25-20(21-22-23-25)29-13-19(26)24(2)12-15-9-10-17(27-3)18(11-15)28-4/h5-11H,12-13H2,1-4H3. The number of aryl methyl sites for hydroxylation is 1. The van der Waals surface area contributed by atoms with Crippen LogP contribution >= 0.6 is 11.8 Å². The zero-order valence-electron chi connectivity index (χ0n) is 16.8. The first-order valence-electron chi connectivity index (χ1n) is 8.95. The van der Waals surface area contributed by atoms with Gasteiger partial charge in [0.05, 0.1) is 25.7 Å². The SMILES string of the molecule is COc1ccc(CN(C)C(=O)CSc2nnnn2-c2ccccc2C)cc1OC. The highest BCUT2D eigenvalue weighted by atomic mass is 32.2. The third-order valence-electron chi connectivity index (χ3n) is 4.40. The summed E-state index contributed by atoms with van der Waals surface area (Å²) in [6.07, 6.45) is 0. The molecule has 1 aromatic heterocycles. The van der Waals surface area contributed by atoms with Gasteiger partial charge in [0.15, 0.2) is 11.5 Å². The van der Waals surface area contributed by atoms with Crippen molar-refractivity contribution in [1.29, 1.82) is 0 Å². The minimum atomic E-state index is -0.0240. The van der Waals surface area contributed by atoms with E-state index in [9.17, 15) is 4.79 Å². The molecule has 0 unspecified atom stereocenters. The van der Waals surface area contributed by atoms with Crippen LogP contribution in [0.2, 0.25) is 0 Å². The van der Waals surface area contributed by atoms with Crippen molar-refractivity contribution in [3.8, 4) is 17.2 Å². The van der Waals surface area contributed by atoms with Crippen molar-refractivity contribution in [3.05, 3.63) is 53.6 Å². The van der Waals surface area contributed by atoms with E-state index in [4.69, 9.17) is 9.47 Å². The molecule has 0 saturated heterocycles. The minimum absolute atomic E-state index is 0.0240. The van der Waals surface area contributed by atoms with Crippen molar-refractivity contribution in [2.75, 3.05) is 27.0 Å². The maximum Gasteiger partial charge on any atom is 0.233 e. The van der Waals surface area contributed by atoms with Gasteiger partial charge >= 0.3 is 0 Å². The van der Waals surface area contributed by atoms with Crippen LogP contribution in [-0.2, 0) is 11.3 Å². The Morgan fingerprint density at radius 2 is 1.90 bits per heavy atom. The van der Waals surface area contributed by atoms with Crippen LogP contribution in [0.5, 0.6) is 11.5 Å². The molecular formula is C20H23N5O3S. The first kappa shape index (κ1) is 20.7. The number of carbonyl (C=O) groups is 1. The number of ether oxygens (including phenoxy) is 2. The molecule has 3 rings (SSSR count). The van der Waals surface area contributed by atoms with Gasteiger partial charge < -0.3 is 14.4 Å². The topological polar surface area (TPSA) is 82.4 Å². The van der Waals surface area contributed by atoms with Gasteiger partial charge in [0.1, 0.15) is 0 Å². The Labute approximate surface area is 173 Å². The molecule has 0 aliphatic heterocycles. The van der Waals surface area contributed by atoms with Gasteiger partial charge in [0.2, 0.25) is 11.1 Å². The summed E-state index contributed by atoms with van der Waals surface area (Å²) in [4.78, 5) is 14.3. The van der Waals surface area contributed by atoms with Gasteiger partial charge in [-0.3, -0.25) is 4.79 Å². The second kappa shape index (κ2) is 9.42. The van der Waals surface area contributed by atoms with Crippen LogP contribution in [0.15, 0.2) is 47.6 Å². The van der Waals surface area contributed by atoms with Crippen LogP contribution in [-0.4, -0.2) is 58.0 Å². The van der Waals surface area contributed by atoms with Gasteiger partial charge in [-0.25, -0.2) is 0 Å². The number of carbonyl (C=O) groups excluding carboxylic acids is 1. The van der Waals surface area contributed by atoms with E-state index < -0.39 is 0 Å². The molecule has 0 saturated carbocycles. The second-order valence-electron chi connectivity index (χ2n) is 6.39. The van der Waals surface area contributed by atoms with Crippen LogP contribution in [0.3, 0.4) is 0 Å². The Kier molecular flexibility index (Phi) is 6.71. The Balaban J connectivity index is 1.63. The number of tetrazole rings is 1. The molecule has 0 aliphatic rings. The third-order valence-corrected chi connectivity index (χ3v) is 5.31. The first-order chi connectivity index (χ1) is 14.0. The van der Waals surface area contributed by atoms with Gasteiger partial charge in [-0.05, 0) is 46.7 Å². The summed E-state index contributed by atoms with van der Waals surface area (Å²) < 4.78 is 12.2. The van der Waals surface area contributed by atoms with Crippen LogP contribution in [0.4, 0.5) is 0 Å². The Morgan fingerprint density at radius 1 is 1.14 bits per heavy atom. The molecule has 0 aliphatic carbocycles. The van der Waals surface area contributed by atoms with E-state index in [2.05, 4.69) is 15.5 Å². The lowest BCUT2D eigenvalue weighted by atomic mass is 10.2. The molecule has 0 spiro atoms. The number of thioether (sulfide) groups is 1. The predicted octanol–water partition coefficient (Wildman–Crippen LogP) is 2.74. The summed E-state index contributed by atoms with van der Waals surface area (Å²) in [5.41, 5.74) is 2.90. The summed E-state index contributed by atoms with van der Waals surface area (Å²) in [5.74, 6) is 1.50. The zero-order valence-corrected chi connectivity index (χ0v) is 17.6. The predicted molar refractivity (Wildman–Crippen MR) is 111 cm³/mol. The van der Waals surface area contributed by atoms with Crippen molar-refractivity contribution >= 4 is 17.7 Å². The number of nitrogens with zero attached hydrogens (tertiary/aromatic N) is 5. The average molecular weight is 414 g/mol. The van der Waals surface area contributed by atoms with Crippen LogP contribution < -0.4 is 9.47 Å². The number of amides is 1. The van der Waals surface area contributed by atoms with E-state index in [0.717, 1.165) is 16.8 Å². The number of para-hydroxylation sites is 1. The highest BCUT2D eigenvalue weighted by molar-refractivity contribution is 7.99. The summed E-state index contributed by atoms with van der Waals surface area (Å²) in [5, 5.41) is 12.4. The maximum absolute atomic E-state index is 12.6. The molecule has 0 fully saturated rings. The van der Waals surface area contributed by atoms with Gasteiger partial charge in [-0.2, -0.15) is 4.68 Å². The Hall–Kier alpha value is -3.07. The van der Waals surface area contributed by atoms with Gasteiger partial charge in [-0.15, -0.1) is 5.10 Å². The van der Waals surface area contributed by atoms with Gasteiger partial charge in [-0.1, -0.05) is 36.0 Å². The molecule has 1 heterocycles. The summed E-state index contributed by atoms with van der Waals surface area (Å²) in [7, 11) is 4.95. The highest BCUT2D eigenvalue weighted by Gasteiger charge is 2.16. The molecular weight excluding hydrogens is 390 g/mol. The van der Waals surface area contributed by atoms with Crippen molar-refractivity contribution in [1.82, 2.24) is 25.1 Å². The monoisotopic (exact) mass is 413 g/mol. The zero-order chi connectivity index (χ0) is 20.8. The fourth-order valence-electron chi connectivity index (χ4n) is 2.80. The summed E-state index contributed by atoms with van der Waals surface area (Å²) in [6, 6.07) is 13.4. The van der Waals surface area contributed by atoms with Crippen LogP contribution in [0.1, 0.15) is 11.1 Å². The fraction of sp³-hybridized carbons (Fsp3) is 0.300. The average Bonchev–Trinajstić information content (AvgIpc) is 3.20. The molecule has 152 valence electrons. The van der Waals surface area contributed by atoms with Gasteiger partial charge in [0.25, 0.3) is 0 Å². The number of aromatic nitrogens is 4. The molecule has 8 nitrogen and oxygen atoms in total. The van der Waals surface area contributed by atoms with E-state index in [0.29, 0.717) is 23.2 Å². The van der Waals surface area contributed by atoms with Crippen molar-refractivity contribution in [3.63, 3.8) is 0 Å². The normalized spacial score (nSPS) is 10.6. The lowest BCUT2D eigenvalue weighted by molar-refractivity contribution is -0.127. The van der Waals surface area contributed by atoms with E-state index in [1.54, 1.807) is 30.8 Å². The fourth-order valence-corrected chi connectivity index (χ4v) is 3.62. The van der Waals surface area contributed by atoms with Gasteiger partial charge in [0, 0.05) is 13.6 Å². The molecule has 0 atom stereocenters. The lowest BCUT2D eigenvalue weighted by Gasteiger charge is -2.18. The molecule has 0 radical (unpaired) electrons. The van der Waals surface area contributed by atoms with Crippen molar-refractivity contribution in [2.24, 2.45) is 0 Å². The molecule has 0 bridgehead atoms. The van der Waals surface area contributed by atoms with E-state index in [1.165, 1.54) is 11.8 Å². The lowest BCUT2D eigenvalue weighted by Crippen LogP contribution is -2.28. The number of hydrogen-bond donors (Lipinski definition) is 0. The number of methoxy groups -OCH3 is 2. The molecule has 3 aromatic rings. The number of hydrogen-bond acceptors (Lipinski definition) is 7. The maximum atomic E-state index is 12.6. The van der Waals surface area contributed by atoms with Crippen LogP contribution in [0, 0.1) is 6.92 Å². The largest absolute Gasteiger partial charge is 0.493 e. The first-order valence-corrected chi connectivity index (χ1v) is 9.94. The van der Waals surface area contributed by atoms with Crippen molar-refractivity contribution in [2.45, 2.75) is 18.6 Å². The Morgan fingerprint density at radius 3 is 2.62 bits per heavy atom. The molecule has 0 N–H and O–H groups in total. The third kappa shape index (κ3) is 4.86. The summed E-state index contributed by atoms with van der Waals surface area (Å²) >= 11 is 1.31. The smallest absolute Gasteiger partial charge is 0.233 e. The van der Waals surface area contributed by atoms with E-state index >= 15 is 0 Å². The molecule has 1 amide bonds. The quantitative estimate of drug-likeness (QED) is 0.525. The number of rotatable bonds is 8. The molecule has 29 heavy (non-hydrogen) atoms. The Bertz CT molecular complexity index is 992. The molecule has 2 aromatic carbocycles. The summed E-state index contributed by atoms with van der Waals surface area (Å²) in [6.45, 7) is 2.45.